The van der Waals surface area contributed by atoms with Crippen LogP contribution in [0.25, 0.3) is 0 Å². The van der Waals surface area contributed by atoms with E-state index in [1.165, 1.54) is 60.5 Å². The minimum absolute atomic E-state index is 0.0502. The van der Waals surface area contributed by atoms with E-state index in [4.69, 9.17) is 16.3 Å². The highest BCUT2D eigenvalue weighted by atomic mass is 35.5. The van der Waals surface area contributed by atoms with Crippen LogP contribution in [0.15, 0.2) is 108 Å². The number of sulfonamides is 1. The highest BCUT2D eigenvalue weighted by Crippen LogP contribution is 2.32. The summed E-state index contributed by atoms with van der Waals surface area (Å²) < 4.78 is 49.4. The molecule has 0 radical (unpaired) electrons. The van der Waals surface area contributed by atoms with E-state index in [-0.39, 0.29) is 40.2 Å². The van der Waals surface area contributed by atoms with E-state index in [1.807, 2.05) is 44.2 Å². The van der Waals surface area contributed by atoms with Gasteiger partial charge < -0.3 is 15.0 Å². The molecule has 0 spiro atoms. The molecule has 4 aromatic carbocycles. The number of rotatable bonds is 14. The predicted molar refractivity (Wildman–Crippen MR) is 178 cm³/mol. The van der Waals surface area contributed by atoms with Crippen molar-refractivity contribution in [1.29, 1.82) is 0 Å². The highest BCUT2D eigenvalue weighted by Gasteiger charge is 2.35. The van der Waals surface area contributed by atoms with Gasteiger partial charge in [-0.3, -0.25) is 13.9 Å². The van der Waals surface area contributed by atoms with Crippen LogP contribution >= 0.6 is 11.6 Å². The van der Waals surface area contributed by atoms with Crippen molar-refractivity contribution in [2.45, 2.75) is 50.2 Å². The summed E-state index contributed by atoms with van der Waals surface area (Å²) in [5.41, 5.74) is 1.06. The molecule has 4 aromatic rings. The van der Waals surface area contributed by atoms with E-state index in [2.05, 4.69) is 5.32 Å². The van der Waals surface area contributed by atoms with Crippen LogP contribution in [0.2, 0.25) is 5.02 Å². The Morgan fingerprint density at radius 2 is 1.57 bits per heavy atom. The van der Waals surface area contributed by atoms with Crippen molar-refractivity contribution in [2.75, 3.05) is 18.0 Å². The van der Waals surface area contributed by atoms with E-state index in [0.717, 1.165) is 9.87 Å². The smallest absolute Gasteiger partial charge is 0.264 e. The van der Waals surface area contributed by atoms with Crippen LogP contribution in [0.1, 0.15) is 31.4 Å². The van der Waals surface area contributed by atoms with Gasteiger partial charge in [-0.25, -0.2) is 12.8 Å². The van der Waals surface area contributed by atoms with Gasteiger partial charge in [-0.1, -0.05) is 85.3 Å². The number of benzene rings is 4. The standard InChI is InChI=1S/C35H37ClFN3O5S/c1-4-25(2)38-35(42)32(21-26-13-7-5-8-14-26)39(23-27-15-11-12-18-31(27)37)34(41)24-40(28-19-20-33(45-3)30(36)22-28)46(43,44)29-16-9-6-10-17-29/h5-20,22,25,32H,4,21,23-24H2,1-3H3,(H,38,42)/t25-,32+/m1/s1. The first kappa shape index (κ1) is 34.5. The third kappa shape index (κ3) is 8.44. The molecule has 4 rings (SSSR count). The fraction of sp³-hybridized carbons (Fsp3) is 0.257. The molecule has 8 nitrogen and oxygen atoms in total. The van der Waals surface area contributed by atoms with Gasteiger partial charge in [0, 0.05) is 24.6 Å². The summed E-state index contributed by atoms with van der Waals surface area (Å²) in [7, 11) is -2.88. The minimum atomic E-state index is -4.32. The quantitative estimate of drug-likeness (QED) is 0.172. The Bertz CT molecular complexity index is 1740. The van der Waals surface area contributed by atoms with Gasteiger partial charge >= 0.3 is 0 Å². The SMILES string of the molecule is CC[C@@H](C)NC(=O)[C@H](Cc1ccccc1)N(Cc1ccccc1F)C(=O)CN(c1ccc(OC)c(Cl)c1)S(=O)(=O)c1ccccc1. The van der Waals surface area contributed by atoms with Crippen molar-refractivity contribution in [3.63, 3.8) is 0 Å². The van der Waals surface area contributed by atoms with Crippen molar-refractivity contribution in [2.24, 2.45) is 0 Å². The fourth-order valence-corrected chi connectivity index (χ4v) is 6.54. The number of carbonyl (C=O) groups excluding carboxylic acids is 2. The highest BCUT2D eigenvalue weighted by molar-refractivity contribution is 7.92. The first-order chi connectivity index (χ1) is 22.0. The third-order valence-corrected chi connectivity index (χ3v) is 9.69. The third-order valence-electron chi connectivity index (χ3n) is 7.60. The van der Waals surface area contributed by atoms with Crippen LogP contribution in [0.3, 0.4) is 0 Å². The van der Waals surface area contributed by atoms with Crippen LogP contribution in [-0.4, -0.2) is 50.9 Å². The number of amides is 2. The lowest BCUT2D eigenvalue weighted by Gasteiger charge is -2.34. The summed E-state index contributed by atoms with van der Waals surface area (Å²) in [6, 6.07) is 25.9. The maximum atomic E-state index is 15.1. The minimum Gasteiger partial charge on any atom is -0.495 e. The van der Waals surface area contributed by atoms with E-state index >= 15 is 4.39 Å². The molecule has 0 saturated carbocycles. The average molecular weight is 666 g/mol. The Hall–Kier alpha value is -4.41. The number of methoxy groups -OCH3 is 1. The van der Waals surface area contributed by atoms with Gasteiger partial charge in [0.15, 0.2) is 0 Å². The maximum Gasteiger partial charge on any atom is 0.264 e. The molecule has 2 atom stereocenters. The fourth-order valence-electron chi connectivity index (χ4n) is 4.86. The van der Waals surface area contributed by atoms with Crippen LogP contribution in [0.5, 0.6) is 5.75 Å². The van der Waals surface area contributed by atoms with Gasteiger partial charge in [-0.15, -0.1) is 0 Å². The molecule has 0 aliphatic carbocycles. The molecule has 0 unspecified atom stereocenters. The van der Waals surface area contributed by atoms with Gasteiger partial charge in [0.25, 0.3) is 10.0 Å². The number of anilines is 1. The molecule has 46 heavy (non-hydrogen) atoms. The van der Waals surface area contributed by atoms with E-state index in [1.54, 1.807) is 24.3 Å². The molecule has 0 aliphatic rings. The largest absolute Gasteiger partial charge is 0.495 e. The summed E-state index contributed by atoms with van der Waals surface area (Å²) in [6.45, 7) is 2.80. The molecule has 2 amide bonds. The second-order valence-corrected chi connectivity index (χ2v) is 13.0. The summed E-state index contributed by atoms with van der Waals surface area (Å²) in [6.07, 6.45) is 0.759. The lowest BCUT2D eigenvalue weighted by atomic mass is 10.0. The zero-order valence-electron chi connectivity index (χ0n) is 25.9. The van der Waals surface area contributed by atoms with Gasteiger partial charge in [-0.05, 0) is 55.3 Å². The molecule has 0 bridgehead atoms. The second kappa shape index (κ2) is 15.7. The number of ether oxygens (including phenoxy) is 1. The van der Waals surface area contributed by atoms with Gasteiger partial charge in [0.05, 0.1) is 22.7 Å². The average Bonchev–Trinajstić information content (AvgIpc) is 3.06. The van der Waals surface area contributed by atoms with Gasteiger partial charge in [0.2, 0.25) is 11.8 Å². The van der Waals surface area contributed by atoms with Crippen molar-refractivity contribution >= 4 is 39.1 Å². The van der Waals surface area contributed by atoms with E-state index in [0.29, 0.717) is 12.2 Å². The lowest BCUT2D eigenvalue weighted by molar-refractivity contribution is -0.140. The van der Waals surface area contributed by atoms with Crippen LogP contribution in [0.4, 0.5) is 10.1 Å². The topological polar surface area (TPSA) is 96.0 Å². The van der Waals surface area contributed by atoms with Crippen molar-refractivity contribution in [3.8, 4) is 5.75 Å². The maximum absolute atomic E-state index is 15.1. The van der Waals surface area contributed by atoms with Crippen molar-refractivity contribution in [1.82, 2.24) is 10.2 Å². The van der Waals surface area contributed by atoms with Crippen molar-refractivity contribution in [3.05, 3.63) is 125 Å². The molecule has 11 heteroatoms. The number of carbonyl (C=O) groups is 2. The Balaban J connectivity index is 1.83. The Kier molecular flexibility index (Phi) is 11.8. The number of halogens is 2. The number of nitrogens with zero attached hydrogens (tertiary/aromatic N) is 2. The Labute approximate surface area is 274 Å². The lowest BCUT2D eigenvalue weighted by Crippen LogP contribution is -2.54. The molecular weight excluding hydrogens is 629 g/mol. The predicted octanol–water partition coefficient (Wildman–Crippen LogP) is 6.24. The molecule has 0 fully saturated rings. The summed E-state index contributed by atoms with van der Waals surface area (Å²) >= 11 is 6.40. The monoisotopic (exact) mass is 665 g/mol. The van der Waals surface area contributed by atoms with Crippen molar-refractivity contribution < 1.29 is 27.1 Å². The molecular formula is C35H37ClFN3O5S. The normalized spacial score (nSPS) is 12.5. The number of nitrogens with one attached hydrogen (secondary N) is 1. The molecule has 0 heterocycles. The van der Waals surface area contributed by atoms with Gasteiger partial charge in [0.1, 0.15) is 24.2 Å². The summed E-state index contributed by atoms with van der Waals surface area (Å²) in [5, 5.41) is 3.09. The molecule has 0 aliphatic heterocycles. The van der Waals surface area contributed by atoms with Gasteiger partial charge in [-0.2, -0.15) is 0 Å². The molecule has 0 saturated heterocycles. The first-order valence-corrected chi connectivity index (χ1v) is 16.7. The number of hydrogen-bond acceptors (Lipinski definition) is 5. The second-order valence-electron chi connectivity index (χ2n) is 10.8. The number of hydrogen-bond donors (Lipinski definition) is 1. The van der Waals surface area contributed by atoms with E-state index in [9.17, 15) is 18.0 Å². The van der Waals surface area contributed by atoms with E-state index < -0.39 is 40.2 Å². The first-order valence-electron chi connectivity index (χ1n) is 14.8. The summed E-state index contributed by atoms with van der Waals surface area (Å²) in [5.74, 6) is -1.39. The molecule has 0 aromatic heterocycles. The van der Waals surface area contributed by atoms with Crippen LogP contribution < -0.4 is 14.4 Å². The zero-order valence-corrected chi connectivity index (χ0v) is 27.5. The molecule has 1 N–H and O–H groups in total. The van der Waals surface area contributed by atoms with Crippen LogP contribution in [-0.2, 0) is 32.6 Å². The Morgan fingerprint density at radius 3 is 2.17 bits per heavy atom. The van der Waals surface area contributed by atoms with Crippen LogP contribution in [0, 0.1) is 5.82 Å². The Morgan fingerprint density at radius 1 is 0.935 bits per heavy atom. The molecule has 242 valence electrons. The zero-order chi connectivity index (χ0) is 33.3. The summed E-state index contributed by atoms with van der Waals surface area (Å²) in [4.78, 5) is 29.5.